The maximum atomic E-state index is 13.3. The van der Waals surface area contributed by atoms with Gasteiger partial charge in [-0.1, -0.05) is 78.3 Å². The Kier molecular flexibility index (Phi) is 9.61. The molecule has 1 aliphatic rings. The van der Waals surface area contributed by atoms with Crippen molar-refractivity contribution in [2.75, 3.05) is 16.4 Å². The molecule has 0 saturated heterocycles. The monoisotopic (exact) mass is 671 g/mol. The first kappa shape index (κ1) is 32.2. The first-order valence-electron chi connectivity index (χ1n) is 14.8. The van der Waals surface area contributed by atoms with E-state index in [0.717, 1.165) is 4.90 Å². The minimum absolute atomic E-state index is 0.0352. The van der Waals surface area contributed by atoms with Crippen LogP contribution in [0.5, 0.6) is 0 Å². The SMILES string of the molecule is O=C(CSc1ccc(NC(=O)/C(=C/c2ccc(Cl)cc2)NC(=O)c2ccccc2)cc1)Nc1cccc2c1C(=O)c1ccccc1C2=O. The summed E-state index contributed by atoms with van der Waals surface area (Å²) < 4.78 is 0. The third-order valence-corrected chi connectivity index (χ3v) is 8.68. The highest BCUT2D eigenvalue weighted by molar-refractivity contribution is 8.00. The molecular formula is C38H26ClN3O5S. The van der Waals surface area contributed by atoms with Gasteiger partial charge in [-0.05, 0) is 66.2 Å². The minimum atomic E-state index is -0.532. The van der Waals surface area contributed by atoms with Gasteiger partial charge in [0.2, 0.25) is 5.91 Å². The van der Waals surface area contributed by atoms with Crippen molar-refractivity contribution in [2.45, 2.75) is 4.90 Å². The van der Waals surface area contributed by atoms with E-state index in [1.807, 2.05) is 0 Å². The summed E-state index contributed by atoms with van der Waals surface area (Å²) in [4.78, 5) is 66.1. The molecule has 236 valence electrons. The lowest BCUT2D eigenvalue weighted by molar-refractivity contribution is -0.114. The second-order valence-electron chi connectivity index (χ2n) is 10.7. The molecule has 0 fully saturated rings. The van der Waals surface area contributed by atoms with Gasteiger partial charge in [0.25, 0.3) is 11.8 Å². The highest BCUT2D eigenvalue weighted by Crippen LogP contribution is 2.32. The van der Waals surface area contributed by atoms with Crippen molar-refractivity contribution in [1.82, 2.24) is 5.32 Å². The van der Waals surface area contributed by atoms with E-state index in [1.165, 1.54) is 11.8 Å². The Labute approximate surface area is 285 Å². The number of ketones is 2. The van der Waals surface area contributed by atoms with Gasteiger partial charge in [0.05, 0.1) is 17.0 Å². The fourth-order valence-corrected chi connectivity index (χ4v) is 5.91. The van der Waals surface area contributed by atoms with Crippen LogP contribution in [-0.2, 0) is 9.59 Å². The van der Waals surface area contributed by atoms with Crippen molar-refractivity contribution in [3.63, 3.8) is 0 Å². The Morgan fingerprint density at radius 3 is 2.02 bits per heavy atom. The van der Waals surface area contributed by atoms with Crippen molar-refractivity contribution in [3.05, 3.63) is 165 Å². The molecule has 0 heterocycles. The summed E-state index contributed by atoms with van der Waals surface area (Å²) in [5, 5.41) is 8.83. The van der Waals surface area contributed by atoms with Crippen molar-refractivity contribution in [2.24, 2.45) is 0 Å². The molecule has 0 saturated carbocycles. The largest absolute Gasteiger partial charge is 0.325 e. The van der Waals surface area contributed by atoms with Crippen molar-refractivity contribution in [1.29, 1.82) is 0 Å². The molecule has 0 unspecified atom stereocenters. The standard InChI is InChI=1S/C38H26ClN3O5S/c39-25-15-13-23(14-16-25)21-32(42-37(46)24-7-2-1-3-8-24)38(47)40-26-17-19-27(20-18-26)48-22-33(43)41-31-12-6-11-30-34(31)36(45)29-10-5-4-9-28(29)35(30)44/h1-21H,22H2,(H,40,47)(H,41,43)(H,42,46)/b32-21-. The van der Waals surface area contributed by atoms with Gasteiger partial charge in [-0.15, -0.1) is 11.8 Å². The summed E-state index contributed by atoms with van der Waals surface area (Å²) in [6.45, 7) is 0. The molecule has 0 bridgehead atoms. The molecular weight excluding hydrogens is 646 g/mol. The molecule has 10 heteroatoms. The predicted octanol–water partition coefficient (Wildman–Crippen LogP) is 7.26. The average Bonchev–Trinajstić information content (AvgIpc) is 3.11. The molecule has 5 aromatic rings. The molecule has 0 aliphatic heterocycles. The lowest BCUT2D eigenvalue weighted by Gasteiger charge is -2.20. The van der Waals surface area contributed by atoms with Crippen LogP contribution < -0.4 is 16.0 Å². The van der Waals surface area contributed by atoms with E-state index in [-0.39, 0.29) is 45.7 Å². The van der Waals surface area contributed by atoms with Crippen LogP contribution in [0.25, 0.3) is 6.08 Å². The van der Waals surface area contributed by atoms with Gasteiger partial charge in [-0.2, -0.15) is 0 Å². The Balaban J connectivity index is 1.10. The number of rotatable bonds is 9. The van der Waals surface area contributed by atoms with Crippen LogP contribution in [0, 0.1) is 0 Å². The molecule has 5 aromatic carbocycles. The maximum absolute atomic E-state index is 13.3. The smallest absolute Gasteiger partial charge is 0.272 e. The number of amides is 3. The van der Waals surface area contributed by atoms with E-state index in [9.17, 15) is 24.0 Å². The second-order valence-corrected chi connectivity index (χ2v) is 12.2. The predicted molar refractivity (Wildman–Crippen MR) is 188 cm³/mol. The lowest BCUT2D eigenvalue weighted by atomic mass is 9.83. The Morgan fingerprint density at radius 1 is 0.667 bits per heavy atom. The van der Waals surface area contributed by atoms with Gasteiger partial charge in [0.1, 0.15) is 5.70 Å². The average molecular weight is 672 g/mol. The number of thioether (sulfide) groups is 1. The van der Waals surface area contributed by atoms with Gasteiger partial charge in [-0.25, -0.2) is 0 Å². The second kappa shape index (κ2) is 14.3. The Bertz CT molecular complexity index is 2100. The summed E-state index contributed by atoms with van der Waals surface area (Å²) >= 11 is 7.27. The van der Waals surface area contributed by atoms with E-state index < -0.39 is 11.8 Å². The van der Waals surface area contributed by atoms with Crippen LogP contribution in [0.15, 0.2) is 132 Å². The zero-order valence-electron chi connectivity index (χ0n) is 25.2. The van der Waals surface area contributed by atoms with Crippen LogP contribution in [-0.4, -0.2) is 35.0 Å². The van der Waals surface area contributed by atoms with Gasteiger partial charge >= 0.3 is 0 Å². The van der Waals surface area contributed by atoms with Crippen LogP contribution in [0.4, 0.5) is 11.4 Å². The molecule has 0 spiro atoms. The quantitative estimate of drug-likeness (QED) is 0.110. The van der Waals surface area contributed by atoms with Gasteiger partial charge in [-0.3, -0.25) is 24.0 Å². The van der Waals surface area contributed by atoms with E-state index >= 15 is 0 Å². The highest BCUT2D eigenvalue weighted by atomic mass is 35.5. The molecule has 6 rings (SSSR count). The van der Waals surface area contributed by atoms with Gasteiger partial charge < -0.3 is 16.0 Å². The van der Waals surface area contributed by atoms with E-state index in [1.54, 1.807) is 127 Å². The van der Waals surface area contributed by atoms with Crippen LogP contribution in [0.3, 0.4) is 0 Å². The third-order valence-electron chi connectivity index (χ3n) is 7.42. The number of hydrogen-bond donors (Lipinski definition) is 3. The van der Waals surface area contributed by atoms with Crippen LogP contribution >= 0.6 is 23.4 Å². The molecule has 3 N–H and O–H groups in total. The summed E-state index contributed by atoms with van der Waals surface area (Å²) in [5.74, 6) is -1.86. The van der Waals surface area contributed by atoms with Crippen molar-refractivity contribution >= 4 is 70.1 Å². The zero-order chi connectivity index (χ0) is 33.6. The normalized spacial score (nSPS) is 12.1. The fourth-order valence-electron chi connectivity index (χ4n) is 5.09. The van der Waals surface area contributed by atoms with Crippen molar-refractivity contribution < 1.29 is 24.0 Å². The fraction of sp³-hybridized carbons (Fsp3) is 0.0263. The molecule has 0 radical (unpaired) electrons. The number of fused-ring (bicyclic) bond motifs is 2. The lowest BCUT2D eigenvalue weighted by Crippen LogP contribution is -2.30. The maximum Gasteiger partial charge on any atom is 0.272 e. The summed E-state index contributed by atoms with van der Waals surface area (Å²) in [6.07, 6.45) is 1.56. The molecule has 0 aromatic heterocycles. The van der Waals surface area contributed by atoms with E-state index in [2.05, 4.69) is 16.0 Å². The minimum Gasteiger partial charge on any atom is -0.325 e. The molecule has 1 aliphatic carbocycles. The summed E-state index contributed by atoms with van der Waals surface area (Å²) in [7, 11) is 0. The molecule has 8 nitrogen and oxygen atoms in total. The molecule has 48 heavy (non-hydrogen) atoms. The first-order chi connectivity index (χ1) is 23.3. The summed E-state index contributed by atoms with van der Waals surface area (Å²) in [5.41, 5.74) is 2.96. The highest BCUT2D eigenvalue weighted by Gasteiger charge is 2.31. The third kappa shape index (κ3) is 7.28. The Morgan fingerprint density at radius 2 is 1.31 bits per heavy atom. The van der Waals surface area contributed by atoms with Gasteiger partial charge in [0.15, 0.2) is 11.6 Å². The summed E-state index contributed by atoms with van der Waals surface area (Å²) in [6, 6.07) is 33.7. The number of nitrogens with one attached hydrogen (secondary N) is 3. The topological polar surface area (TPSA) is 121 Å². The van der Waals surface area contributed by atoms with E-state index in [0.29, 0.717) is 33.0 Å². The van der Waals surface area contributed by atoms with E-state index in [4.69, 9.17) is 11.6 Å². The molecule has 3 amide bonds. The number of carbonyl (C=O) groups excluding carboxylic acids is 5. The zero-order valence-corrected chi connectivity index (χ0v) is 26.7. The van der Waals surface area contributed by atoms with Crippen LogP contribution in [0.1, 0.15) is 47.8 Å². The first-order valence-corrected chi connectivity index (χ1v) is 16.1. The van der Waals surface area contributed by atoms with Crippen molar-refractivity contribution in [3.8, 4) is 0 Å². The van der Waals surface area contributed by atoms with Crippen LogP contribution in [0.2, 0.25) is 5.02 Å². The number of benzene rings is 5. The van der Waals surface area contributed by atoms with Gasteiger partial charge in [0, 0.05) is 37.9 Å². The number of anilines is 2. The molecule has 0 atom stereocenters. The Hall–Kier alpha value is -5.77. The number of hydrogen-bond acceptors (Lipinski definition) is 6. The number of carbonyl (C=O) groups is 5. The number of halogens is 1.